The number of alkyl halides is 3. The van der Waals surface area contributed by atoms with Crippen LogP contribution in [0, 0.1) is 6.92 Å². The number of ether oxygens (including phenoxy) is 1. The summed E-state index contributed by atoms with van der Waals surface area (Å²) in [5.41, 5.74) is -0.136. The van der Waals surface area contributed by atoms with Gasteiger partial charge in [0, 0.05) is 13.2 Å². The fourth-order valence-corrected chi connectivity index (χ4v) is 1.58. The Morgan fingerprint density at radius 2 is 1.89 bits per heavy atom. The van der Waals surface area contributed by atoms with Crippen LogP contribution in [0.1, 0.15) is 11.3 Å². The van der Waals surface area contributed by atoms with Gasteiger partial charge in [0.2, 0.25) is 0 Å². The molecule has 0 aliphatic carbocycles. The Labute approximate surface area is 102 Å². The first-order valence-corrected chi connectivity index (χ1v) is 5.22. The molecule has 0 amide bonds. The molecule has 3 nitrogen and oxygen atoms in total. The van der Waals surface area contributed by atoms with E-state index in [1.807, 2.05) is 0 Å². The van der Waals surface area contributed by atoms with E-state index in [-0.39, 0.29) is 11.8 Å². The zero-order chi connectivity index (χ0) is 13.3. The SMILES string of the molecule is Cc1cn(C)c(Oc2ccccc2C(F)(F)F)n1. The Balaban J connectivity index is 2.38. The summed E-state index contributed by atoms with van der Waals surface area (Å²) in [5.74, 6) is -0.251. The summed E-state index contributed by atoms with van der Waals surface area (Å²) in [7, 11) is 1.66. The van der Waals surface area contributed by atoms with Gasteiger partial charge in [-0.3, -0.25) is 0 Å². The van der Waals surface area contributed by atoms with E-state index >= 15 is 0 Å². The van der Waals surface area contributed by atoms with E-state index in [0.717, 1.165) is 6.07 Å². The molecule has 0 aliphatic rings. The third-order valence-electron chi connectivity index (χ3n) is 2.35. The van der Waals surface area contributed by atoms with Gasteiger partial charge in [-0.1, -0.05) is 12.1 Å². The van der Waals surface area contributed by atoms with E-state index in [9.17, 15) is 13.2 Å². The number of aryl methyl sites for hydroxylation is 2. The van der Waals surface area contributed by atoms with Crippen LogP contribution in [0.25, 0.3) is 0 Å². The summed E-state index contributed by atoms with van der Waals surface area (Å²) < 4.78 is 45.0. The maximum absolute atomic E-state index is 12.7. The molecule has 0 unspecified atom stereocenters. The molecule has 2 rings (SSSR count). The maximum atomic E-state index is 12.7. The fourth-order valence-electron chi connectivity index (χ4n) is 1.58. The normalized spacial score (nSPS) is 11.6. The van der Waals surface area contributed by atoms with Gasteiger partial charge in [0.25, 0.3) is 0 Å². The minimum Gasteiger partial charge on any atom is -0.425 e. The monoisotopic (exact) mass is 256 g/mol. The molecule has 0 N–H and O–H groups in total. The standard InChI is InChI=1S/C12H11F3N2O/c1-8-7-17(2)11(16-8)18-10-6-4-3-5-9(10)12(13,14)15/h3-7H,1-2H3. The Kier molecular flexibility index (Phi) is 3.02. The number of aromatic nitrogens is 2. The molecule has 0 bridgehead atoms. The second kappa shape index (κ2) is 4.36. The highest BCUT2D eigenvalue weighted by Crippen LogP contribution is 2.37. The number of rotatable bonds is 2. The highest BCUT2D eigenvalue weighted by molar-refractivity contribution is 5.37. The van der Waals surface area contributed by atoms with Crippen molar-refractivity contribution < 1.29 is 17.9 Å². The van der Waals surface area contributed by atoms with Crippen LogP contribution >= 0.6 is 0 Å². The van der Waals surface area contributed by atoms with Crippen molar-refractivity contribution in [1.82, 2.24) is 9.55 Å². The van der Waals surface area contributed by atoms with E-state index in [2.05, 4.69) is 4.98 Å². The molecule has 18 heavy (non-hydrogen) atoms. The van der Waals surface area contributed by atoms with E-state index < -0.39 is 11.7 Å². The van der Waals surface area contributed by atoms with Crippen LogP contribution in [0.15, 0.2) is 30.5 Å². The van der Waals surface area contributed by atoms with Gasteiger partial charge in [-0.2, -0.15) is 13.2 Å². The number of halogens is 3. The molecule has 0 radical (unpaired) electrons. The van der Waals surface area contributed by atoms with Gasteiger partial charge in [0.15, 0.2) is 0 Å². The fraction of sp³-hybridized carbons (Fsp3) is 0.250. The van der Waals surface area contributed by atoms with Crippen LogP contribution in [0.3, 0.4) is 0 Å². The Bertz CT molecular complexity index is 561. The number of imidazole rings is 1. The van der Waals surface area contributed by atoms with Crippen LogP contribution in [0.4, 0.5) is 13.2 Å². The van der Waals surface area contributed by atoms with Crippen molar-refractivity contribution in [2.75, 3.05) is 0 Å². The average molecular weight is 256 g/mol. The highest BCUT2D eigenvalue weighted by Gasteiger charge is 2.34. The lowest BCUT2D eigenvalue weighted by molar-refractivity contribution is -0.138. The topological polar surface area (TPSA) is 27.1 Å². The van der Waals surface area contributed by atoms with Crippen molar-refractivity contribution in [3.8, 4) is 11.8 Å². The number of hydrogen-bond acceptors (Lipinski definition) is 2. The first-order valence-electron chi connectivity index (χ1n) is 5.22. The first-order chi connectivity index (χ1) is 8.38. The van der Waals surface area contributed by atoms with Crippen LogP contribution < -0.4 is 4.74 Å². The van der Waals surface area contributed by atoms with Gasteiger partial charge in [-0.25, -0.2) is 4.98 Å². The third kappa shape index (κ3) is 2.47. The summed E-state index contributed by atoms with van der Waals surface area (Å²) in [5, 5.41) is 0. The predicted molar refractivity (Wildman–Crippen MR) is 59.5 cm³/mol. The molecule has 0 saturated heterocycles. The zero-order valence-electron chi connectivity index (χ0n) is 9.82. The van der Waals surface area contributed by atoms with Crippen LogP contribution in [0.2, 0.25) is 0 Å². The second-order valence-corrected chi connectivity index (χ2v) is 3.87. The Hall–Kier alpha value is -1.98. The summed E-state index contributed by atoms with van der Waals surface area (Å²) in [6.07, 6.45) is -2.78. The van der Waals surface area contributed by atoms with Gasteiger partial charge >= 0.3 is 12.2 Å². The van der Waals surface area contributed by atoms with Gasteiger partial charge in [0.05, 0.1) is 11.3 Å². The second-order valence-electron chi connectivity index (χ2n) is 3.87. The zero-order valence-corrected chi connectivity index (χ0v) is 9.82. The van der Waals surface area contributed by atoms with Gasteiger partial charge < -0.3 is 9.30 Å². The number of nitrogens with zero attached hydrogens (tertiary/aromatic N) is 2. The molecule has 1 aromatic heterocycles. The molecule has 96 valence electrons. The minimum absolute atomic E-state index is 0.129. The van der Waals surface area contributed by atoms with Crippen LogP contribution in [-0.4, -0.2) is 9.55 Å². The summed E-state index contributed by atoms with van der Waals surface area (Å²) in [4.78, 5) is 4.00. The van der Waals surface area contributed by atoms with E-state index in [0.29, 0.717) is 5.69 Å². The van der Waals surface area contributed by atoms with Gasteiger partial charge in [-0.05, 0) is 19.1 Å². The first kappa shape index (κ1) is 12.5. The van der Waals surface area contributed by atoms with Crippen molar-refractivity contribution in [3.63, 3.8) is 0 Å². The van der Waals surface area contributed by atoms with Crippen LogP contribution in [0.5, 0.6) is 11.8 Å². The molecule has 0 atom stereocenters. The summed E-state index contributed by atoms with van der Waals surface area (Å²) in [6.45, 7) is 1.74. The lowest BCUT2D eigenvalue weighted by Gasteiger charge is -2.12. The largest absolute Gasteiger partial charge is 0.425 e. The molecular formula is C12H11F3N2O. The quantitative estimate of drug-likeness (QED) is 0.821. The van der Waals surface area contributed by atoms with E-state index in [4.69, 9.17) is 4.74 Å². The van der Waals surface area contributed by atoms with Crippen LogP contribution in [-0.2, 0) is 13.2 Å². The Morgan fingerprint density at radius 3 is 2.44 bits per heavy atom. The average Bonchev–Trinajstić information content (AvgIpc) is 2.57. The van der Waals surface area contributed by atoms with Crippen molar-refractivity contribution in [1.29, 1.82) is 0 Å². The van der Waals surface area contributed by atoms with Crippen molar-refractivity contribution >= 4 is 0 Å². The van der Waals surface area contributed by atoms with Crippen molar-refractivity contribution in [2.45, 2.75) is 13.1 Å². The number of para-hydroxylation sites is 1. The maximum Gasteiger partial charge on any atom is 0.419 e. The van der Waals surface area contributed by atoms with Gasteiger partial charge in [-0.15, -0.1) is 0 Å². The molecule has 2 aromatic rings. The summed E-state index contributed by atoms with van der Waals surface area (Å²) >= 11 is 0. The molecule has 0 saturated carbocycles. The number of benzene rings is 1. The van der Waals surface area contributed by atoms with Crippen molar-refractivity contribution in [3.05, 3.63) is 41.7 Å². The minimum atomic E-state index is -4.45. The lowest BCUT2D eigenvalue weighted by atomic mass is 10.2. The van der Waals surface area contributed by atoms with Gasteiger partial charge in [0.1, 0.15) is 5.75 Å². The third-order valence-corrected chi connectivity index (χ3v) is 2.35. The molecule has 1 aromatic carbocycles. The smallest absolute Gasteiger partial charge is 0.419 e. The highest BCUT2D eigenvalue weighted by atomic mass is 19.4. The number of hydrogen-bond donors (Lipinski definition) is 0. The molecule has 0 spiro atoms. The lowest BCUT2D eigenvalue weighted by Crippen LogP contribution is -2.07. The predicted octanol–water partition coefficient (Wildman–Crippen LogP) is 3.54. The van der Waals surface area contributed by atoms with Crippen molar-refractivity contribution in [2.24, 2.45) is 7.05 Å². The Morgan fingerprint density at radius 1 is 1.22 bits per heavy atom. The molecule has 6 heteroatoms. The molecular weight excluding hydrogens is 245 g/mol. The van der Waals surface area contributed by atoms with E-state index in [1.54, 1.807) is 20.2 Å². The summed E-state index contributed by atoms with van der Waals surface area (Å²) in [6, 6.07) is 5.18. The molecule has 0 aliphatic heterocycles. The molecule has 1 heterocycles. The molecule has 0 fully saturated rings. The van der Waals surface area contributed by atoms with E-state index in [1.165, 1.54) is 22.8 Å².